The van der Waals surface area contributed by atoms with Gasteiger partial charge < -0.3 is 15.3 Å². The molecule has 0 aromatic heterocycles. The van der Waals surface area contributed by atoms with Crippen molar-refractivity contribution < 1.29 is 14.7 Å². The van der Waals surface area contributed by atoms with Crippen molar-refractivity contribution in [2.75, 3.05) is 7.05 Å². The summed E-state index contributed by atoms with van der Waals surface area (Å²) < 4.78 is 0. The third-order valence-corrected chi connectivity index (χ3v) is 4.95. The zero-order valence-corrected chi connectivity index (χ0v) is 12.5. The molecule has 2 atom stereocenters. The SMILES string of the molecule is CC1CCCC(N(C)C(=O)NC2(CC(=O)O)CCC2)C1. The van der Waals surface area contributed by atoms with Gasteiger partial charge in [0.05, 0.1) is 12.0 Å². The fraction of sp³-hybridized carbons (Fsp3) is 0.867. The number of rotatable bonds is 4. The molecule has 2 fully saturated rings. The standard InChI is InChI=1S/C15H26N2O3/c1-11-5-3-6-12(9-11)17(2)14(20)16-15(7-4-8-15)10-13(18)19/h11-12H,3-10H2,1-2H3,(H,16,20)(H,18,19). The van der Waals surface area contributed by atoms with E-state index in [4.69, 9.17) is 5.11 Å². The summed E-state index contributed by atoms with van der Waals surface area (Å²) in [6.07, 6.45) is 7.11. The predicted molar refractivity (Wildman–Crippen MR) is 76.5 cm³/mol. The summed E-state index contributed by atoms with van der Waals surface area (Å²) in [5, 5.41) is 12.0. The molecule has 0 saturated heterocycles. The molecular formula is C15H26N2O3. The summed E-state index contributed by atoms with van der Waals surface area (Å²) in [4.78, 5) is 25.1. The molecule has 20 heavy (non-hydrogen) atoms. The van der Waals surface area contributed by atoms with Gasteiger partial charge in [0.2, 0.25) is 0 Å². The lowest BCUT2D eigenvalue weighted by Crippen LogP contribution is -2.59. The highest BCUT2D eigenvalue weighted by molar-refractivity contribution is 5.77. The van der Waals surface area contributed by atoms with Gasteiger partial charge >= 0.3 is 12.0 Å². The van der Waals surface area contributed by atoms with E-state index >= 15 is 0 Å². The zero-order chi connectivity index (χ0) is 14.8. The Balaban J connectivity index is 1.91. The van der Waals surface area contributed by atoms with E-state index in [1.54, 1.807) is 4.90 Å². The maximum absolute atomic E-state index is 12.4. The molecule has 114 valence electrons. The van der Waals surface area contributed by atoms with Crippen LogP contribution < -0.4 is 5.32 Å². The van der Waals surface area contributed by atoms with Crippen molar-refractivity contribution in [2.24, 2.45) is 5.92 Å². The van der Waals surface area contributed by atoms with Crippen LogP contribution in [0.1, 0.15) is 58.3 Å². The van der Waals surface area contributed by atoms with Crippen molar-refractivity contribution in [3.05, 3.63) is 0 Å². The summed E-state index contributed by atoms with van der Waals surface area (Å²) in [5.74, 6) is -0.167. The van der Waals surface area contributed by atoms with Gasteiger partial charge in [-0.1, -0.05) is 19.8 Å². The molecule has 5 heteroatoms. The number of aliphatic carboxylic acids is 1. The molecular weight excluding hydrogens is 256 g/mol. The average molecular weight is 282 g/mol. The van der Waals surface area contributed by atoms with Crippen LogP contribution in [0.15, 0.2) is 0 Å². The first-order valence-corrected chi connectivity index (χ1v) is 7.69. The molecule has 0 aromatic rings. The number of hydrogen-bond donors (Lipinski definition) is 2. The molecule has 0 radical (unpaired) electrons. The van der Waals surface area contributed by atoms with Crippen molar-refractivity contribution in [1.82, 2.24) is 10.2 Å². The van der Waals surface area contributed by atoms with E-state index < -0.39 is 11.5 Å². The van der Waals surface area contributed by atoms with Gasteiger partial charge in [-0.2, -0.15) is 0 Å². The normalized spacial score (nSPS) is 28.3. The monoisotopic (exact) mass is 282 g/mol. The first-order valence-electron chi connectivity index (χ1n) is 7.69. The highest BCUT2D eigenvalue weighted by Crippen LogP contribution is 2.35. The third kappa shape index (κ3) is 3.44. The van der Waals surface area contributed by atoms with Crippen molar-refractivity contribution in [2.45, 2.75) is 69.9 Å². The Morgan fingerprint density at radius 2 is 2.00 bits per heavy atom. The smallest absolute Gasteiger partial charge is 0.317 e. The minimum absolute atomic E-state index is 0.0354. The van der Waals surface area contributed by atoms with E-state index in [2.05, 4.69) is 12.2 Å². The number of urea groups is 1. The second-order valence-corrected chi connectivity index (χ2v) is 6.67. The molecule has 2 aliphatic carbocycles. The van der Waals surface area contributed by atoms with Crippen LogP contribution in [0.4, 0.5) is 4.79 Å². The fourth-order valence-electron chi connectivity index (χ4n) is 3.47. The van der Waals surface area contributed by atoms with Crippen LogP contribution in [0.25, 0.3) is 0 Å². The van der Waals surface area contributed by atoms with Crippen LogP contribution in [0.2, 0.25) is 0 Å². The van der Waals surface area contributed by atoms with Gasteiger partial charge in [0.15, 0.2) is 0 Å². The van der Waals surface area contributed by atoms with Crippen molar-refractivity contribution in [1.29, 1.82) is 0 Å². The van der Waals surface area contributed by atoms with Crippen LogP contribution >= 0.6 is 0 Å². The summed E-state index contributed by atoms with van der Waals surface area (Å²) in [7, 11) is 1.84. The Morgan fingerprint density at radius 3 is 2.50 bits per heavy atom. The molecule has 2 unspecified atom stereocenters. The predicted octanol–water partition coefficient (Wildman–Crippen LogP) is 2.60. The molecule has 2 amide bonds. The minimum atomic E-state index is -0.834. The molecule has 0 spiro atoms. The fourth-order valence-corrected chi connectivity index (χ4v) is 3.47. The molecule has 0 aliphatic heterocycles. The molecule has 2 saturated carbocycles. The number of nitrogens with one attached hydrogen (secondary N) is 1. The lowest BCUT2D eigenvalue weighted by molar-refractivity contribution is -0.139. The van der Waals surface area contributed by atoms with Crippen LogP contribution in [0.3, 0.4) is 0 Å². The average Bonchev–Trinajstić information content (AvgIpc) is 2.34. The second-order valence-electron chi connectivity index (χ2n) is 6.67. The lowest BCUT2D eigenvalue weighted by Gasteiger charge is -2.43. The van der Waals surface area contributed by atoms with Crippen molar-refractivity contribution >= 4 is 12.0 Å². The number of carboxylic acids is 1. The van der Waals surface area contributed by atoms with Crippen molar-refractivity contribution in [3.8, 4) is 0 Å². The molecule has 2 aliphatic rings. The van der Waals surface area contributed by atoms with Gasteiger partial charge in [-0.15, -0.1) is 0 Å². The number of nitrogens with zero attached hydrogens (tertiary/aromatic N) is 1. The maximum Gasteiger partial charge on any atom is 0.317 e. The van der Waals surface area contributed by atoms with E-state index in [-0.39, 0.29) is 12.5 Å². The second kappa shape index (κ2) is 6.02. The Hall–Kier alpha value is -1.26. The van der Waals surface area contributed by atoms with Crippen LogP contribution in [-0.2, 0) is 4.79 Å². The summed E-state index contributed by atoms with van der Waals surface area (Å²) in [6.45, 7) is 2.23. The van der Waals surface area contributed by atoms with Crippen molar-refractivity contribution in [3.63, 3.8) is 0 Å². The van der Waals surface area contributed by atoms with Crippen LogP contribution in [0.5, 0.6) is 0 Å². The molecule has 2 rings (SSSR count). The van der Waals surface area contributed by atoms with Gasteiger partial charge in [-0.05, 0) is 38.0 Å². The highest BCUT2D eigenvalue weighted by Gasteiger charge is 2.41. The molecule has 0 heterocycles. The quantitative estimate of drug-likeness (QED) is 0.832. The summed E-state index contributed by atoms with van der Waals surface area (Å²) in [6, 6.07) is 0.186. The summed E-state index contributed by atoms with van der Waals surface area (Å²) >= 11 is 0. The number of carbonyl (C=O) groups is 2. The van der Waals surface area contributed by atoms with E-state index in [1.165, 1.54) is 12.8 Å². The van der Waals surface area contributed by atoms with E-state index in [1.807, 2.05) is 7.05 Å². The molecule has 5 nitrogen and oxygen atoms in total. The topological polar surface area (TPSA) is 69.6 Å². The Morgan fingerprint density at radius 1 is 1.30 bits per heavy atom. The Kier molecular flexibility index (Phi) is 4.55. The van der Waals surface area contributed by atoms with Gasteiger partial charge in [-0.3, -0.25) is 4.79 Å². The lowest BCUT2D eigenvalue weighted by atomic mass is 9.74. The van der Waals surface area contributed by atoms with Gasteiger partial charge in [0.1, 0.15) is 0 Å². The number of amides is 2. The van der Waals surface area contributed by atoms with Crippen LogP contribution in [-0.4, -0.2) is 40.6 Å². The Bertz CT molecular complexity index is 379. The molecule has 0 aromatic carbocycles. The van der Waals surface area contributed by atoms with Crippen LogP contribution in [0, 0.1) is 5.92 Å². The third-order valence-electron chi connectivity index (χ3n) is 4.95. The van der Waals surface area contributed by atoms with E-state index in [9.17, 15) is 9.59 Å². The number of carboxylic acid groups (broad SMARTS) is 1. The maximum atomic E-state index is 12.4. The summed E-state index contributed by atoms with van der Waals surface area (Å²) in [5.41, 5.74) is -0.503. The largest absolute Gasteiger partial charge is 0.481 e. The number of hydrogen-bond acceptors (Lipinski definition) is 2. The van der Waals surface area contributed by atoms with Gasteiger partial charge in [-0.25, -0.2) is 4.79 Å². The van der Waals surface area contributed by atoms with E-state index in [0.29, 0.717) is 12.0 Å². The van der Waals surface area contributed by atoms with Gasteiger partial charge in [0, 0.05) is 13.1 Å². The van der Waals surface area contributed by atoms with E-state index in [0.717, 1.165) is 32.1 Å². The first kappa shape index (κ1) is 15.1. The number of carbonyl (C=O) groups excluding carboxylic acids is 1. The van der Waals surface area contributed by atoms with Gasteiger partial charge in [0.25, 0.3) is 0 Å². The zero-order valence-electron chi connectivity index (χ0n) is 12.5. The minimum Gasteiger partial charge on any atom is -0.481 e. The molecule has 0 bridgehead atoms. The highest BCUT2D eigenvalue weighted by atomic mass is 16.4. The first-order chi connectivity index (χ1) is 9.42. The Labute approximate surface area is 120 Å². The molecule has 2 N–H and O–H groups in total.